The molecule has 0 aliphatic carbocycles. The van der Waals surface area contributed by atoms with Gasteiger partial charge in [-0.1, -0.05) is 18.7 Å². The van der Waals surface area contributed by atoms with Gasteiger partial charge < -0.3 is 10.1 Å². The van der Waals surface area contributed by atoms with Crippen molar-refractivity contribution in [2.24, 2.45) is 0 Å². The summed E-state index contributed by atoms with van der Waals surface area (Å²) in [5, 5.41) is 2.47. The lowest BCUT2D eigenvalue weighted by molar-refractivity contribution is -0.146. The van der Waals surface area contributed by atoms with Crippen molar-refractivity contribution in [3.05, 3.63) is 25.3 Å². The Morgan fingerprint density at radius 3 is 2.57 bits per heavy atom. The van der Waals surface area contributed by atoms with Crippen molar-refractivity contribution < 1.29 is 14.3 Å². The van der Waals surface area contributed by atoms with Gasteiger partial charge in [-0.2, -0.15) is 0 Å². The third kappa shape index (κ3) is 5.13. The van der Waals surface area contributed by atoms with Gasteiger partial charge in [0.25, 0.3) is 0 Å². The summed E-state index contributed by atoms with van der Waals surface area (Å²) >= 11 is 0. The molecule has 0 aliphatic heterocycles. The Balaban J connectivity index is 3.87. The molecule has 0 spiro atoms. The van der Waals surface area contributed by atoms with Crippen LogP contribution in [0, 0.1) is 0 Å². The van der Waals surface area contributed by atoms with Crippen LogP contribution < -0.4 is 5.32 Å². The normalized spacial score (nSPS) is 11.2. The van der Waals surface area contributed by atoms with Gasteiger partial charge >= 0.3 is 5.97 Å². The van der Waals surface area contributed by atoms with Crippen LogP contribution in [-0.4, -0.2) is 24.5 Å². The van der Waals surface area contributed by atoms with Crippen molar-refractivity contribution >= 4 is 11.9 Å². The molecule has 0 radical (unpaired) electrons. The minimum absolute atomic E-state index is 0.153. The van der Waals surface area contributed by atoms with Crippen LogP contribution in [0.15, 0.2) is 25.3 Å². The van der Waals surface area contributed by atoms with Crippen LogP contribution in [-0.2, 0) is 14.3 Å². The molecule has 0 unspecified atom stereocenters. The predicted octanol–water partition coefficient (Wildman–Crippen LogP) is 0.796. The highest BCUT2D eigenvalue weighted by Gasteiger charge is 2.15. The maximum atomic E-state index is 11.1. The molecule has 0 bridgehead atoms. The van der Waals surface area contributed by atoms with Crippen LogP contribution in [0.3, 0.4) is 0 Å². The molecule has 4 heteroatoms. The van der Waals surface area contributed by atoms with Gasteiger partial charge in [-0.25, -0.2) is 4.79 Å². The molecule has 78 valence electrons. The Morgan fingerprint density at radius 2 is 2.07 bits per heavy atom. The molecule has 0 saturated carbocycles. The van der Waals surface area contributed by atoms with Gasteiger partial charge in [0, 0.05) is 6.42 Å². The van der Waals surface area contributed by atoms with Crippen LogP contribution in [0.25, 0.3) is 0 Å². The van der Waals surface area contributed by atoms with Crippen LogP contribution in [0.1, 0.15) is 13.3 Å². The number of rotatable bonds is 6. The number of hydrogen-bond donors (Lipinski definition) is 1. The van der Waals surface area contributed by atoms with Gasteiger partial charge in [0.2, 0.25) is 5.91 Å². The first-order valence-corrected chi connectivity index (χ1v) is 4.29. The molecule has 4 nitrogen and oxygen atoms in total. The maximum Gasteiger partial charge on any atom is 0.328 e. The van der Waals surface area contributed by atoms with E-state index in [2.05, 4.69) is 18.5 Å². The molecule has 0 saturated heterocycles. The molecule has 0 aliphatic rings. The molecular weight excluding hydrogens is 182 g/mol. The predicted molar refractivity (Wildman–Crippen MR) is 53.6 cm³/mol. The second-order valence-electron chi connectivity index (χ2n) is 2.70. The highest BCUT2D eigenvalue weighted by Crippen LogP contribution is 1.90. The highest BCUT2D eigenvalue weighted by atomic mass is 16.5. The highest BCUT2D eigenvalue weighted by molar-refractivity contribution is 5.84. The summed E-state index contributed by atoms with van der Waals surface area (Å²) in [6.45, 7) is 8.53. The summed E-state index contributed by atoms with van der Waals surface area (Å²) in [5.41, 5.74) is 0. The summed E-state index contributed by atoms with van der Waals surface area (Å²) in [4.78, 5) is 22.2. The fourth-order valence-corrected chi connectivity index (χ4v) is 0.756. The molecule has 0 rings (SSSR count). The number of amides is 1. The summed E-state index contributed by atoms with van der Waals surface area (Å²) in [6, 6.07) is -0.637. The van der Waals surface area contributed by atoms with E-state index in [1.807, 2.05) is 0 Å². The molecule has 0 heterocycles. The summed E-state index contributed by atoms with van der Waals surface area (Å²) in [7, 11) is 0. The first-order valence-electron chi connectivity index (χ1n) is 4.29. The summed E-state index contributed by atoms with van der Waals surface area (Å²) < 4.78 is 4.73. The van der Waals surface area contributed by atoms with Crippen molar-refractivity contribution in [2.45, 2.75) is 19.4 Å². The van der Waals surface area contributed by atoms with Crippen molar-refractivity contribution in [3.63, 3.8) is 0 Å². The van der Waals surface area contributed by atoms with Crippen LogP contribution >= 0.6 is 0 Å². The Bertz CT molecular complexity index is 236. The van der Waals surface area contributed by atoms with Crippen LogP contribution in [0.2, 0.25) is 0 Å². The quantitative estimate of drug-likeness (QED) is 0.506. The fourth-order valence-electron chi connectivity index (χ4n) is 0.756. The van der Waals surface area contributed by atoms with Crippen molar-refractivity contribution in [1.29, 1.82) is 0 Å². The Hall–Kier alpha value is -1.58. The number of carbonyl (C=O) groups is 2. The largest absolute Gasteiger partial charge is 0.460 e. The first kappa shape index (κ1) is 12.4. The van der Waals surface area contributed by atoms with Crippen molar-refractivity contribution in [1.82, 2.24) is 5.32 Å². The van der Waals surface area contributed by atoms with Gasteiger partial charge in [-0.3, -0.25) is 4.79 Å². The van der Waals surface area contributed by atoms with Gasteiger partial charge in [0.05, 0.1) is 0 Å². The van der Waals surface area contributed by atoms with Gasteiger partial charge in [0.1, 0.15) is 12.6 Å². The molecule has 1 atom stereocenters. The zero-order valence-corrected chi connectivity index (χ0v) is 8.29. The van der Waals surface area contributed by atoms with E-state index in [-0.39, 0.29) is 18.9 Å². The lowest BCUT2D eigenvalue weighted by atomic mass is 10.3. The number of esters is 1. The van der Waals surface area contributed by atoms with E-state index in [9.17, 15) is 9.59 Å². The first-order chi connectivity index (χ1) is 6.61. The second kappa shape index (κ2) is 6.88. The Labute approximate surface area is 83.6 Å². The van der Waals surface area contributed by atoms with E-state index >= 15 is 0 Å². The van der Waals surface area contributed by atoms with Gasteiger partial charge in [-0.15, -0.1) is 6.58 Å². The minimum atomic E-state index is -0.637. The van der Waals surface area contributed by atoms with Crippen molar-refractivity contribution in [3.8, 4) is 0 Å². The second-order valence-corrected chi connectivity index (χ2v) is 2.70. The molecule has 0 fully saturated rings. The monoisotopic (exact) mass is 197 g/mol. The average molecular weight is 197 g/mol. The Kier molecular flexibility index (Phi) is 6.11. The third-order valence-electron chi connectivity index (χ3n) is 1.40. The summed E-state index contributed by atoms with van der Waals surface area (Å²) in [5.74, 6) is -0.717. The Morgan fingerprint density at radius 1 is 1.43 bits per heavy atom. The fraction of sp³-hybridized carbons (Fsp3) is 0.400. The summed E-state index contributed by atoms with van der Waals surface area (Å²) in [6.07, 6.45) is 3.13. The molecule has 0 aromatic carbocycles. The van der Waals surface area contributed by atoms with Gasteiger partial charge in [-0.05, 0) is 6.92 Å². The molecule has 1 N–H and O–H groups in total. The van der Waals surface area contributed by atoms with E-state index in [0.29, 0.717) is 0 Å². The topological polar surface area (TPSA) is 55.4 Å². The molecule has 0 aromatic heterocycles. The van der Waals surface area contributed by atoms with E-state index in [1.54, 1.807) is 6.92 Å². The average Bonchev–Trinajstić information content (AvgIpc) is 2.14. The smallest absolute Gasteiger partial charge is 0.328 e. The van der Waals surface area contributed by atoms with E-state index in [0.717, 1.165) is 0 Å². The van der Waals surface area contributed by atoms with Gasteiger partial charge in [0.15, 0.2) is 0 Å². The van der Waals surface area contributed by atoms with E-state index in [4.69, 9.17) is 4.74 Å². The number of nitrogens with one attached hydrogen (secondary N) is 1. The molecule has 0 aromatic rings. The zero-order chi connectivity index (χ0) is 11.0. The van der Waals surface area contributed by atoms with E-state index in [1.165, 1.54) is 12.2 Å². The lowest BCUT2D eigenvalue weighted by Gasteiger charge is -2.11. The third-order valence-corrected chi connectivity index (χ3v) is 1.40. The molecule has 14 heavy (non-hydrogen) atoms. The molecule has 1 amide bonds. The van der Waals surface area contributed by atoms with E-state index < -0.39 is 12.0 Å². The van der Waals surface area contributed by atoms with Crippen molar-refractivity contribution in [2.75, 3.05) is 6.61 Å². The van der Waals surface area contributed by atoms with Crippen LogP contribution in [0.4, 0.5) is 0 Å². The number of hydrogen-bond acceptors (Lipinski definition) is 3. The van der Waals surface area contributed by atoms with Crippen LogP contribution in [0.5, 0.6) is 0 Å². The minimum Gasteiger partial charge on any atom is -0.460 e. The maximum absolute atomic E-state index is 11.1. The number of carbonyl (C=O) groups excluding carboxylic acids is 2. The lowest BCUT2D eigenvalue weighted by Crippen LogP contribution is -2.39. The SMILES string of the molecule is C=CCOC(=O)[C@H](C)NC(=O)CC=C. The number of ether oxygens (including phenoxy) is 1. The standard InChI is InChI=1S/C10H15NO3/c1-4-6-9(12)11-8(3)10(13)14-7-5-2/h4-5,8H,1-2,6-7H2,3H3,(H,11,12)/t8-/m0/s1. The molecular formula is C10H15NO3. The zero-order valence-electron chi connectivity index (χ0n) is 8.29.